The standard InChI is InChI=1S/C17H27ClN2O/c1-17(2)7-4-9-20(13-17)16-6-5-15(18)11-14(16)12-19-8-10-21-3/h5-6,11,19H,4,7-10,12-13H2,1-3H3. The average Bonchev–Trinajstić information content (AvgIpc) is 2.42. The molecular weight excluding hydrogens is 284 g/mol. The largest absolute Gasteiger partial charge is 0.383 e. The molecule has 1 fully saturated rings. The van der Waals surface area contributed by atoms with E-state index in [2.05, 4.69) is 36.2 Å². The Morgan fingerprint density at radius 2 is 2.19 bits per heavy atom. The van der Waals surface area contributed by atoms with Crippen LogP contribution in [-0.4, -0.2) is 33.4 Å². The number of nitrogens with zero attached hydrogens (tertiary/aromatic N) is 1. The second kappa shape index (κ2) is 7.48. The van der Waals surface area contributed by atoms with Crippen LogP contribution in [0.5, 0.6) is 0 Å². The van der Waals surface area contributed by atoms with Crippen LogP contribution in [0.15, 0.2) is 18.2 Å². The van der Waals surface area contributed by atoms with E-state index in [1.165, 1.54) is 24.1 Å². The highest BCUT2D eigenvalue weighted by atomic mass is 35.5. The molecule has 0 unspecified atom stereocenters. The summed E-state index contributed by atoms with van der Waals surface area (Å²) in [5.74, 6) is 0. The van der Waals surface area contributed by atoms with Crippen molar-refractivity contribution in [1.82, 2.24) is 5.32 Å². The summed E-state index contributed by atoms with van der Waals surface area (Å²) in [6.45, 7) is 9.36. The molecule has 1 aliphatic heterocycles. The van der Waals surface area contributed by atoms with Crippen LogP contribution in [0, 0.1) is 5.41 Å². The number of hydrogen-bond acceptors (Lipinski definition) is 3. The van der Waals surface area contributed by atoms with E-state index in [0.29, 0.717) is 5.41 Å². The summed E-state index contributed by atoms with van der Waals surface area (Å²) in [5, 5.41) is 4.22. The number of benzene rings is 1. The fourth-order valence-electron chi connectivity index (χ4n) is 3.03. The third-order valence-corrected chi connectivity index (χ3v) is 4.32. The molecule has 0 spiro atoms. The van der Waals surface area contributed by atoms with Crippen molar-refractivity contribution in [3.05, 3.63) is 28.8 Å². The second-order valence-corrected chi connectivity index (χ2v) is 7.07. The van der Waals surface area contributed by atoms with Crippen LogP contribution >= 0.6 is 11.6 Å². The van der Waals surface area contributed by atoms with Gasteiger partial charge in [0.25, 0.3) is 0 Å². The second-order valence-electron chi connectivity index (χ2n) is 6.63. The Labute approximate surface area is 133 Å². The molecule has 0 bridgehead atoms. The smallest absolute Gasteiger partial charge is 0.0587 e. The quantitative estimate of drug-likeness (QED) is 0.811. The molecule has 3 nitrogen and oxygen atoms in total. The van der Waals surface area contributed by atoms with Crippen LogP contribution in [0.4, 0.5) is 5.69 Å². The molecule has 118 valence electrons. The summed E-state index contributed by atoms with van der Waals surface area (Å²) in [5.41, 5.74) is 2.98. The number of methoxy groups -OCH3 is 1. The van der Waals surface area contributed by atoms with Gasteiger partial charge in [-0.1, -0.05) is 25.4 Å². The van der Waals surface area contributed by atoms with Crippen molar-refractivity contribution in [2.75, 3.05) is 38.3 Å². The number of ether oxygens (including phenoxy) is 1. The number of hydrogen-bond donors (Lipinski definition) is 1. The molecule has 1 heterocycles. The zero-order valence-electron chi connectivity index (χ0n) is 13.4. The van der Waals surface area contributed by atoms with E-state index in [9.17, 15) is 0 Å². The van der Waals surface area contributed by atoms with Gasteiger partial charge in [-0.25, -0.2) is 0 Å². The van der Waals surface area contributed by atoms with Gasteiger partial charge in [0, 0.05) is 44.0 Å². The van der Waals surface area contributed by atoms with Gasteiger partial charge in [0.15, 0.2) is 0 Å². The molecule has 21 heavy (non-hydrogen) atoms. The van der Waals surface area contributed by atoms with E-state index < -0.39 is 0 Å². The molecule has 2 rings (SSSR count). The number of piperidine rings is 1. The summed E-state index contributed by atoms with van der Waals surface area (Å²) in [6.07, 6.45) is 2.56. The summed E-state index contributed by atoms with van der Waals surface area (Å²) in [4.78, 5) is 2.51. The summed E-state index contributed by atoms with van der Waals surface area (Å²) in [7, 11) is 1.72. The Hall–Kier alpha value is -0.770. The van der Waals surface area contributed by atoms with Gasteiger partial charge in [-0.15, -0.1) is 0 Å². The molecule has 1 saturated heterocycles. The number of nitrogens with one attached hydrogen (secondary N) is 1. The topological polar surface area (TPSA) is 24.5 Å². The highest BCUT2D eigenvalue weighted by Crippen LogP contribution is 2.33. The predicted molar refractivity (Wildman–Crippen MR) is 90.3 cm³/mol. The molecule has 4 heteroatoms. The monoisotopic (exact) mass is 310 g/mol. The first-order valence-corrected chi connectivity index (χ1v) is 8.13. The minimum atomic E-state index is 0.388. The first-order valence-electron chi connectivity index (χ1n) is 7.75. The molecule has 1 aromatic rings. The van der Waals surface area contributed by atoms with Crippen LogP contribution in [0.25, 0.3) is 0 Å². The van der Waals surface area contributed by atoms with E-state index in [4.69, 9.17) is 16.3 Å². The molecule has 0 aromatic heterocycles. The Kier molecular flexibility index (Phi) is 5.91. The van der Waals surface area contributed by atoms with Gasteiger partial charge in [-0.2, -0.15) is 0 Å². The van der Waals surface area contributed by atoms with Crippen LogP contribution in [0.2, 0.25) is 5.02 Å². The van der Waals surface area contributed by atoms with E-state index in [1.807, 2.05) is 6.07 Å². The lowest BCUT2D eigenvalue weighted by atomic mass is 9.84. The predicted octanol–water partition coefficient (Wildman–Crippen LogP) is 3.70. The molecule has 0 aliphatic carbocycles. The number of halogens is 1. The van der Waals surface area contributed by atoms with Crippen LogP contribution in [0.3, 0.4) is 0 Å². The fraction of sp³-hybridized carbons (Fsp3) is 0.647. The lowest BCUT2D eigenvalue weighted by Gasteiger charge is -2.40. The molecular formula is C17H27ClN2O. The van der Waals surface area contributed by atoms with Crippen molar-refractivity contribution >= 4 is 17.3 Å². The first kappa shape index (κ1) is 16.6. The zero-order valence-corrected chi connectivity index (χ0v) is 14.2. The van der Waals surface area contributed by atoms with Gasteiger partial charge in [-0.05, 0) is 42.0 Å². The summed E-state index contributed by atoms with van der Waals surface area (Å²) >= 11 is 6.18. The third kappa shape index (κ3) is 4.87. The van der Waals surface area contributed by atoms with Gasteiger partial charge in [0.2, 0.25) is 0 Å². The molecule has 0 amide bonds. The van der Waals surface area contributed by atoms with Crippen LogP contribution in [0.1, 0.15) is 32.3 Å². The SMILES string of the molecule is COCCNCc1cc(Cl)ccc1N1CCCC(C)(C)C1. The number of anilines is 1. The highest BCUT2D eigenvalue weighted by molar-refractivity contribution is 6.30. The van der Waals surface area contributed by atoms with Gasteiger partial charge in [0.05, 0.1) is 6.61 Å². The zero-order chi connectivity index (χ0) is 15.3. The van der Waals surface area contributed by atoms with Gasteiger partial charge < -0.3 is 15.0 Å². The fourth-order valence-corrected chi connectivity index (χ4v) is 3.23. The van der Waals surface area contributed by atoms with E-state index in [-0.39, 0.29) is 0 Å². The van der Waals surface area contributed by atoms with Crippen molar-refractivity contribution in [3.63, 3.8) is 0 Å². The van der Waals surface area contributed by atoms with Crippen molar-refractivity contribution in [1.29, 1.82) is 0 Å². The Morgan fingerprint density at radius 1 is 1.38 bits per heavy atom. The first-order chi connectivity index (χ1) is 10.0. The molecule has 0 saturated carbocycles. The molecule has 1 N–H and O–H groups in total. The van der Waals surface area contributed by atoms with Crippen molar-refractivity contribution in [2.45, 2.75) is 33.2 Å². The molecule has 0 radical (unpaired) electrons. The maximum Gasteiger partial charge on any atom is 0.0587 e. The summed E-state index contributed by atoms with van der Waals surface area (Å²) < 4.78 is 5.08. The third-order valence-electron chi connectivity index (χ3n) is 4.08. The number of rotatable bonds is 6. The van der Waals surface area contributed by atoms with Gasteiger partial charge >= 0.3 is 0 Å². The summed E-state index contributed by atoms with van der Waals surface area (Å²) in [6, 6.07) is 6.24. The van der Waals surface area contributed by atoms with Crippen LogP contribution in [-0.2, 0) is 11.3 Å². The maximum atomic E-state index is 6.18. The molecule has 0 atom stereocenters. The minimum Gasteiger partial charge on any atom is -0.383 e. The van der Waals surface area contributed by atoms with Crippen molar-refractivity contribution in [3.8, 4) is 0 Å². The van der Waals surface area contributed by atoms with Gasteiger partial charge in [-0.3, -0.25) is 0 Å². The van der Waals surface area contributed by atoms with E-state index >= 15 is 0 Å². The van der Waals surface area contributed by atoms with Crippen molar-refractivity contribution < 1.29 is 4.74 Å². The molecule has 1 aliphatic rings. The lowest BCUT2D eigenvalue weighted by Crippen LogP contribution is -2.40. The van der Waals surface area contributed by atoms with Crippen LogP contribution < -0.4 is 10.2 Å². The average molecular weight is 311 g/mol. The maximum absolute atomic E-state index is 6.18. The Bertz CT molecular complexity index is 462. The normalized spacial score (nSPS) is 18.0. The molecule has 1 aromatic carbocycles. The van der Waals surface area contributed by atoms with Crippen molar-refractivity contribution in [2.24, 2.45) is 5.41 Å². The Balaban J connectivity index is 2.10. The minimum absolute atomic E-state index is 0.388. The lowest BCUT2D eigenvalue weighted by molar-refractivity contribution is 0.199. The van der Waals surface area contributed by atoms with E-state index in [0.717, 1.165) is 37.8 Å². The van der Waals surface area contributed by atoms with E-state index in [1.54, 1.807) is 7.11 Å². The highest BCUT2D eigenvalue weighted by Gasteiger charge is 2.27. The van der Waals surface area contributed by atoms with Gasteiger partial charge in [0.1, 0.15) is 0 Å². The Morgan fingerprint density at radius 3 is 2.90 bits per heavy atom.